The molecule has 0 radical (unpaired) electrons. The van der Waals surface area contributed by atoms with E-state index in [-0.39, 0.29) is 30.2 Å². The lowest BCUT2D eigenvalue weighted by Gasteiger charge is -2.33. The Kier molecular flexibility index (Phi) is 3.60. The third-order valence-electron chi connectivity index (χ3n) is 3.37. The molecule has 21 heavy (non-hydrogen) atoms. The SMILES string of the molecule is O=C(O)C1=C(COc2ccc(CO)cc2)S[C@H]2CC(=O)N12. The van der Waals surface area contributed by atoms with Gasteiger partial charge in [0.25, 0.3) is 0 Å². The van der Waals surface area contributed by atoms with Gasteiger partial charge in [-0.3, -0.25) is 9.69 Å². The maximum absolute atomic E-state index is 11.5. The van der Waals surface area contributed by atoms with Crippen LogP contribution in [0.25, 0.3) is 0 Å². The third-order valence-corrected chi connectivity index (χ3v) is 4.61. The number of fused-ring (bicyclic) bond motifs is 1. The van der Waals surface area contributed by atoms with Crippen LogP contribution >= 0.6 is 11.8 Å². The van der Waals surface area contributed by atoms with E-state index in [1.54, 1.807) is 24.3 Å². The molecule has 110 valence electrons. The van der Waals surface area contributed by atoms with Crippen LogP contribution in [0.15, 0.2) is 34.9 Å². The molecular weight excluding hydrogens is 294 g/mol. The van der Waals surface area contributed by atoms with Gasteiger partial charge in [-0.1, -0.05) is 23.9 Å². The summed E-state index contributed by atoms with van der Waals surface area (Å²) in [6.07, 6.45) is 0.371. The third kappa shape index (κ3) is 2.50. The molecule has 0 spiro atoms. The second-order valence-electron chi connectivity index (χ2n) is 4.71. The second-order valence-corrected chi connectivity index (χ2v) is 5.98. The van der Waals surface area contributed by atoms with Gasteiger partial charge in [-0.15, -0.1) is 0 Å². The minimum atomic E-state index is -1.10. The molecule has 0 aromatic heterocycles. The van der Waals surface area contributed by atoms with Gasteiger partial charge in [-0.25, -0.2) is 4.79 Å². The fourth-order valence-corrected chi connectivity index (χ4v) is 3.58. The van der Waals surface area contributed by atoms with E-state index in [9.17, 15) is 14.7 Å². The first-order valence-corrected chi connectivity index (χ1v) is 7.26. The van der Waals surface area contributed by atoms with Crippen molar-refractivity contribution in [2.24, 2.45) is 0 Å². The van der Waals surface area contributed by atoms with Crippen molar-refractivity contribution < 1.29 is 24.5 Å². The number of carbonyl (C=O) groups is 2. The Bertz CT molecular complexity index is 625. The van der Waals surface area contributed by atoms with E-state index in [1.165, 1.54) is 16.7 Å². The van der Waals surface area contributed by atoms with Crippen molar-refractivity contribution in [1.29, 1.82) is 0 Å². The first-order valence-electron chi connectivity index (χ1n) is 6.38. The van der Waals surface area contributed by atoms with Gasteiger partial charge < -0.3 is 14.9 Å². The van der Waals surface area contributed by atoms with Crippen molar-refractivity contribution in [2.75, 3.05) is 6.61 Å². The lowest BCUT2D eigenvalue weighted by Crippen LogP contribution is -2.48. The molecule has 0 aliphatic carbocycles. The lowest BCUT2D eigenvalue weighted by atomic mass is 10.1. The standard InChI is InChI=1S/C14H13NO5S/c16-6-8-1-3-9(4-2-8)20-7-10-13(14(18)19)15-11(17)5-12(15)21-10/h1-4,12,16H,5-7H2,(H,18,19)/t12-/m0/s1. The molecule has 2 aliphatic heterocycles. The highest BCUT2D eigenvalue weighted by molar-refractivity contribution is 8.04. The van der Waals surface area contributed by atoms with Crippen LogP contribution in [0.5, 0.6) is 5.75 Å². The molecule has 2 N–H and O–H groups in total. The average Bonchev–Trinajstić information content (AvgIpc) is 2.78. The molecule has 1 aromatic carbocycles. The Morgan fingerprint density at radius 1 is 1.38 bits per heavy atom. The molecule has 3 rings (SSSR count). The second kappa shape index (κ2) is 5.42. The van der Waals surface area contributed by atoms with Crippen molar-refractivity contribution in [1.82, 2.24) is 4.90 Å². The number of nitrogens with zero attached hydrogens (tertiary/aromatic N) is 1. The Morgan fingerprint density at radius 2 is 2.10 bits per heavy atom. The molecule has 0 unspecified atom stereocenters. The van der Waals surface area contributed by atoms with Crippen LogP contribution in [0, 0.1) is 0 Å². The van der Waals surface area contributed by atoms with Gasteiger partial charge in [0, 0.05) is 0 Å². The molecule has 2 heterocycles. The van der Waals surface area contributed by atoms with Gasteiger partial charge >= 0.3 is 5.97 Å². The number of amides is 1. The number of hydrogen-bond donors (Lipinski definition) is 2. The Labute approximate surface area is 125 Å². The summed E-state index contributed by atoms with van der Waals surface area (Å²) in [6.45, 7) is 0.0776. The molecule has 2 aliphatic rings. The van der Waals surface area contributed by atoms with Crippen LogP contribution < -0.4 is 4.74 Å². The topological polar surface area (TPSA) is 87.1 Å². The molecule has 1 saturated heterocycles. The van der Waals surface area contributed by atoms with Crippen LogP contribution in [0.4, 0.5) is 0 Å². The Balaban J connectivity index is 1.72. The monoisotopic (exact) mass is 307 g/mol. The summed E-state index contributed by atoms with van der Waals surface area (Å²) >= 11 is 1.37. The van der Waals surface area contributed by atoms with Gasteiger partial charge in [-0.05, 0) is 17.7 Å². The summed E-state index contributed by atoms with van der Waals surface area (Å²) in [6, 6.07) is 6.90. The summed E-state index contributed by atoms with van der Waals surface area (Å²) in [5.41, 5.74) is 0.811. The normalized spacial score (nSPS) is 20.3. The largest absolute Gasteiger partial charge is 0.488 e. The van der Waals surface area contributed by atoms with E-state index in [0.29, 0.717) is 17.1 Å². The number of carbonyl (C=O) groups excluding carboxylic acids is 1. The number of thioether (sulfide) groups is 1. The van der Waals surface area contributed by atoms with E-state index in [2.05, 4.69) is 0 Å². The minimum Gasteiger partial charge on any atom is -0.488 e. The number of hydrogen-bond acceptors (Lipinski definition) is 5. The van der Waals surface area contributed by atoms with Gasteiger partial charge in [0.2, 0.25) is 5.91 Å². The number of carboxylic acids is 1. The summed E-state index contributed by atoms with van der Waals surface area (Å²) in [5.74, 6) is -0.676. The van der Waals surface area contributed by atoms with Gasteiger partial charge in [0.1, 0.15) is 18.1 Å². The van der Waals surface area contributed by atoms with Crippen LogP contribution in [0.3, 0.4) is 0 Å². The number of carboxylic acid groups (broad SMARTS) is 1. The smallest absolute Gasteiger partial charge is 0.353 e. The van der Waals surface area contributed by atoms with Crippen molar-refractivity contribution in [3.05, 3.63) is 40.4 Å². The summed E-state index contributed by atoms with van der Waals surface area (Å²) < 4.78 is 5.57. The van der Waals surface area contributed by atoms with Crippen LogP contribution in [0.2, 0.25) is 0 Å². The van der Waals surface area contributed by atoms with E-state index < -0.39 is 5.97 Å². The number of rotatable bonds is 5. The molecule has 1 amide bonds. The summed E-state index contributed by atoms with van der Waals surface area (Å²) in [5, 5.41) is 18.1. The summed E-state index contributed by atoms with van der Waals surface area (Å²) in [4.78, 5) is 24.6. The van der Waals surface area contributed by atoms with Gasteiger partial charge in [0.15, 0.2) is 0 Å². The molecule has 1 aromatic rings. The average molecular weight is 307 g/mol. The molecule has 0 bridgehead atoms. The van der Waals surface area contributed by atoms with Crippen molar-refractivity contribution >= 4 is 23.6 Å². The fourth-order valence-electron chi connectivity index (χ4n) is 2.27. The zero-order valence-corrected chi connectivity index (χ0v) is 11.8. The van der Waals surface area contributed by atoms with E-state index in [0.717, 1.165) is 5.56 Å². The Hall–Kier alpha value is -1.99. The van der Waals surface area contributed by atoms with E-state index >= 15 is 0 Å². The molecule has 1 atom stereocenters. The maximum atomic E-state index is 11.5. The number of aliphatic hydroxyl groups is 1. The number of aliphatic hydroxyl groups excluding tert-OH is 1. The molecular formula is C14H13NO5S. The van der Waals surface area contributed by atoms with Crippen molar-refractivity contribution in [3.8, 4) is 5.75 Å². The number of β-lactam (4-membered cyclic amide) rings is 1. The van der Waals surface area contributed by atoms with Crippen molar-refractivity contribution in [2.45, 2.75) is 18.4 Å². The first-order chi connectivity index (χ1) is 10.1. The zero-order chi connectivity index (χ0) is 15.0. The lowest BCUT2D eigenvalue weighted by molar-refractivity contribution is -0.145. The maximum Gasteiger partial charge on any atom is 0.353 e. The first kappa shape index (κ1) is 14.0. The highest BCUT2D eigenvalue weighted by Gasteiger charge is 2.48. The predicted molar refractivity (Wildman–Crippen MR) is 75.4 cm³/mol. The molecule has 1 fully saturated rings. The molecule has 0 saturated carbocycles. The van der Waals surface area contributed by atoms with Crippen molar-refractivity contribution in [3.63, 3.8) is 0 Å². The van der Waals surface area contributed by atoms with E-state index in [4.69, 9.17) is 9.84 Å². The highest BCUT2D eigenvalue weighted by atomic mass is 32.2. The van der Waals surface area contributed by atoms with Crippen LogP contribution in [-0.2, 0) is 16.2 Å². The zero-order valence-electron chi connectivity index (χ0n) is 11.0. The predicted octanol–water partition coefficient (Wildman–Crippen LogP) is 1.16. The summed E-state index contributed by atoms with van der Waals surface area (Å²) in [7, 11) is 0. The fraction of sp³-hybridized carbons (Fsp3) is 0.286. The highest BCUT2D eigenvalue weighted by Crippen LogP contribution is 2.46. The Morgan fingerprint density at radius 3 is 2.67 bits per heavy atom. The van der Waals surface area contributed by atoms with Crippen LogP contribution in [0.1, 0.15) is 12.0 Å². The van der Waals surface area contributed by atoms with Gasteiger partial charge in [0.05, 0.1) is 23.3 Å². The minimum absolute atomic E-state index is 0.0354. The molecule has 7 heteroatoms. The van der Waals surface area contributed by atoms with Crippen LogP contribution in [-0.4, -0.2) is 39.0 Å². The molecule has 6 nitrogen and oxygen atoms in total. The quantitative estimate of drug-likeness (QED) is 0.794. The number of aliphatic carboxylic acids is 1. The van der Waals surface area contributed by atoms with E-state index in [1.807, 2.05) is 0 Å². The van der Waals surface area contributed by atoms with Gasteiger partial charge in [-0.2, -0.15) is 0 Å². The number of ether oxygens (including phenoxy) is 1. The number of benzene rings is 1.